The van der Waals surface area contributed by atoms with Gasteiger partial charge in [-0.25, -0.2) is 0 Å². The van der Waals surface area contributed by atoms with Gasteiger partial charge in [0.15, 0.2) is 0 Å². The van der Waals surface area contributed by atoms with Crippen LogP contribution in [0.4, 0.5) is 0 Å². The van der Waals surface area contributed by atoms with Gasteiger partial charge in [-0.3, -0.25) is 4.90 Å². The third-order valence-electron chi connectivity index (χ3n) is 6.00. The zero-order valence-electron chi connectivity index (χ0n) is 15.7. The Morgan fingerprint density at radius 3 is 2.23 bits per heavy atom. The van der Waals surface area contributed by atoms with Crippen LogP contribution in [-0.4, -0.2) is 67.8 Å². The molecule has 1 heterocycles. The number of likely N-dealkylation sites (N-methyl/N-ethyl adjacent to an activating group) is 1. The molecule has 2 aliphatic rings. The molecule has 0 bridgehead atoms. The van der Waals surface area contributed by atoms with Crippen LogP contribution in [0.2, 0.25) is 5.02 Å². The number of hydrogen-bond donors (Lipinski definition) is 0. The van der Waals surface area contributed by atoms with Gasteiger partial charge in [-0.1, -0.05) is 30.2 Å². The van der Waals surface area contributed by atoms with Crippen LogP contribution in [0.3, 0.4) is 0 Å². The number of nitrogens with zero attached hydrogens (tertiary/aromatic N) is 2. The summed E-state index contributed by atoms with van der Waals surface area (Å²) < 4.78 is 5.44. The van der Waals surface area contributed by atoms with E-state index in [1.54, 1.807) is 0 Å². The fourth-order valence-corrected chi connectivity index (χ4v) is 4.15. The molecule has 152 valence electrons. The standard InChI is InChI=1S/C19H29ClN2O.2ClH.H2O/c1-16(21(2)10-11-22-12-14-23-15-13-22)19(8-3-9-19)17-4-6-18(20)7-5-17;;;/h4-7,16H,3,8-15H2,1-2H3;2*1H;1H2. The van der Waals surface area contributed by atoms with Crippen LogP contribution in [0.15, 0.2) is 24.3 Å². The molecule has 1 atom stereocenters. The number of ether oxygens (including phenoxy) is 1. The monoisotopic (exact) mass is 426 g/mol. The molecule has 4 nitrogen and oxygen atoms in total. The Hall–Kier alpha value is -0.0700. The summed E-state index contributed by atoms with van der Waals surface area (Å²) in [6.45, 7) is 8.57. The summed E-state index contributed by atoms with van der Waals surface area (Å²) in [7, 11) is 2.28. The number of benzene rings is 1. The molecule has 7 heteroatoms. The van der Waals surface area contributed by atoms with Crippen molar-refractivity contribution in [2.24, 2.45) is 0 Å². The van der Waals surface area contributed by atoms with E-state index in [0.29, 0.717) is 11.5 Å². The molecule has 26 heavy (non-hydrogen) atoms. The van der Waals surface area contributed by atoms with Gasteiger partial charge in [0.1, 0.15) is 0 Å². The quantitative estimate of drug-likeness (QED) is 0.698. The highest BCUT2D eigenvalue weighted by atomic mass is 35.5. The van der Waals surface area contributed by atoms with Crippen molar-refractivity contribution in [1.29, 1.82) is 0 Å². The molecule has 1 saturated heterocycles. The van der Waals surface area contributed by atoms with Crippen LogP contribution in [-0.2, 0) is 10.2 Å². The minimum Gasteiger partial charge on any atom is -0.412 e. The van der Waals surface area contributed by atoms with Crippen LogP contribution >= 0.6 is 36.4 Å². The maximum atomic E-state index is 6.07. The number of rotatable bonds is 6. The minimum atomic E-state index is 0. The van der Waals surface area contributed by atoms with Gasteiger partial charge in [0.05, 0.1) is 13.2 Å². The molecule has 1 aliphatic heterocycles. The molecule has 3 rings (SSSR count). The average Bonchev–Trinajstić information content (AvgIpc) is 2.54. The Morgan fingerprint density at radius 2 is 1.73 bits per heavy atom. The highest BCUT2D eigenvalue weighted by molar-refractivity contribution is 6.30. The van der Waals surface area contributed by atoms with Gasteiger partial charge in [-0.2, -0.15) is 0 Å². The largest absolute Gasteiger partial charge is 0.412 e. The molecule has 2 N–H and O–H groups in total. The Kier molecular flexibility index (Phi) is 11.7. The Labute approximate surface area is 175 Å². The van der Waals surface area contributed by atoms with E-state index in [-0.39, 0.29) is 30.3 Å². The van der Waals surface area contributed by atoms with E-state index < -0.39 is 0 Å². The summed E-state index contributed by atoms with van der Waals surface area (Å²) in [4.78, 5) is 5.06. The molecule has 2 fully saturated rings. The van der Waals surface area contributed by atoms with Crippen molar-refractivity contribution in [2.75, 3.05) is 46.4 Å². The van der Waals surface area contributed by atoms with E-state index in [1.807, 2.05) is 12.1 Å². The normalized spacial score (nSPS) is 20.2. The maximum Gasteiger partial charge on any atom is 0.0594 e. The van der Waals surface area contributed by atoms with E-state index >= 15 is 0 Å². The molecule has 1 aromatic carbocycles. The summed E-state index contributed by atoms with van der Waals surface area (Å²) in [5, 5.41) is 0.830. The smallest absolute Gasteiger partial charge is 0.0594 e. The van der Waals surface area contributed by atoms with Crippen molar-refractivity contribution in [1.82, 2.24) is 9.80 Å². The summed E-state index contributed by atoms with van der Waals surface area (Å²) >= 11 is 6.07. The van der Waals surface area contributed by atoms with Crippen molar-refractivity contribution in [2.45, 2.75) is 37.6 Å². The van der Waals surface area contributed by atoms with Crippen LogP contribution in [0.1, 0.15) is 31.7 Å². The third-order valence-corrected chi connectivity index (χ3v) is 6.25. The first-order valence-corrected chi connectivity index (χ1v) is 9.26. The maximum absolute atomic E-state index is 6.07. The molecule has 1 unspecified atom stereocenters. The van der Waals surface area contributed by atoms with Crippen LogP contribution < -0.4 is 0 Å². The van der Waals surface area contributed by atoms with Crippen molar-refractivity contribution in [3.8, 4) is 0 Å². The molecular formula is C19H33Cl3N2O2. The van der Waals surface area contributed by atoms with Gasteiger partial charge in [0, 0.05) is 42.7 Å². The Bertz CT molecular complexity index is 506. The van der Waals surface area contributed by atoms with Gasteiger partial charge < -0.3 is 15.1 Å². The lowest BCUT2D eigenvalue weighted by Crippen LogP contribution is -2.53. The van der Waals surface area contributed by atoms with E-state index in [1.165, 1.54) is 24.8 Å². The van der Waals surface area contributed by atoms with E-state index in [2.05, 4.69) is 35.9 Å². The molecule has 0 aromatic heterocycles. The topological polar surface area (TPSA) is 47.2 Å². The first-order valence-electron chi connectivity index (χ1n) is 8.88. The van der Waals surface area contributed by atoms with Crippen molar-refractivity contribution >= 4 is 36.4 Å². The number of morpholine rings is 1. The molecule has 0 amide bonds. The lowest BCUT2D eigenvalue weighted by Gasteiger charge is -2.50. The van der Waals surface area contributed by atoms with E-state index in [9.17, 15) is 0 Å². The van der Waals surface area contributed by atoms with E-state index in [4.69, 9.17) is 16.3 Å². The Morgan fingerprint density at radius 1 is 1.15 bits per heavy atom. The lowest BCUT2D eigenvalue weighted by molar-refractivity contribution is 0.0264. The second-order valence-electron chi connectivity index (χ2n) is 7.13. The fraction of sp³-hybridized carbons (Fsp3) is 0.684. The first kappa shape index (κ1) is 25.9. The summed E-state index contributed by atoms with van der Waals surface area (Å²) in [5.74, 6) is 0. The highest BCUT2D eigenvalue weighted by Gasteiger charge is 2.44. The molecular weight excluding hydrogens is 395 g/mol. The van der Waals surface area contributed by atoms with Gasteiger partial charge in [0.2, 0.25) is 0 Å². The molecule has 1 aliphatic carbocycles. The highest BCUT2D eigenvalue weighted by Crippen LogP contribution is 2.48. The van der Waals surface area contributed by atoms with Crippen LogP contribution in [0, 0.1) is 0 Å². The van der Waals surface area contributed by atoms with Crippen molar-refractivity contribution < 1.29 is 10.2 Å². The predicted molar refractivity (Wildman–Crippen MR) is 114 cm³/mol. The predicted octanol–water partition coefficient (Wildman–Crippen LogP) is 3.43. The van der Waals surface area contributed by atoms with Crippen molar-refractivity contribution in [3.05, 3.63) is 34.9 Å². The third kappa shape index (κ3) is 5.71. The zero-order valence-corrected chi connectivity index (χ0v) is 18.1. The van der Waals surface area contributed by atoms with E-state index in [0.717, 1.165) is 44.4 Å². The summed E-state index contributed by atoms with van der Waals surface area (Å²) in [6.07, 6.45) is 3.92. The number of halogens is 3. The summed E-state index contributed by atoms with van der Waals surface area (Å²) in [6, 6.07) is 9.09. The zero-order chi connectivity index (χ0) is 16.3. The number of hydrogen-bond acceptors (Lipinski definition) is 3. The van der Waals surface area contributed by atoms with Gasteiger partial charge in [-0.15, -0.1) is 24.8 Å². The van der Waals surface area contributed by atoms with Gasteiger partial charge in [-0.05, 0) is 44.5 Å². The second-order valence-corrected chi connectivity index (χ2v) is 7.56. The Balaban J connectivity index is 0.00000208. The second kappa shape index (κ2) is 11.7. The minimum absolute atomic E-state index is 0. The van der Waals surface area contributed by atoms with Crippen LogP contribution in [0.25, 0.3) is 0 Å². The molecule has 0 spiro atoms. The summed E-state index contributed by atoms with van der Waals surface area (Å²) in [5.41, 5.74) is 1.77. The van der Waals surface area contributed by atoms with Gasteiger partial charge >= 0.3 is 0 Å². The SMILES string of the molecule is CC(N(C)CCN1CCOCC1)C1(c2ccc(Cl)cc2)CCC1.Cl.Cl.O. The molecule has 1 aromatic rings. The first-order chi connectivity index (χ1) is 11.1. The molecule has 0 radical (unpaired) electrons. The van der Waals surface area contributed by atoms with Gasteiger partial charge in [0.25, 0.3) is 0 Å². The lowest BCUT2D eigenvalue weighted by atomic mass is 9.60. The van der Waals surface area contributed by atoms with Crippen molar-refractivity contribution in [3.63, 3.8) is 0 Å². The van der Waals surface area contributed by atoms with Crippen LogP contribution in [0.5, 0.6) is 0 Å². The fourth-order valence-electron chi connectivity index (χ4n) is 4.03. The average molecular weight is 428 g/mol. The molecule has 1 saturated carbocycles.